The van der Waals surface area contributed by atoms with E-state index in [0.717, 1.165) is 22.0 Å². The van der Waals surface area contributed by atoms with Crippen LogP contribution in [0.4, 0.5) is 0 Å². The molecule has 1 aromatic heterocycles. The summed E-state index contributed by atoms with van der Waals surface area (Å²) in [5, 5.41) is 13.4. The molecule has 1 fully saturated rings. The zero-order chi connectivity index (χ0) is 29.7. The van der Waals surface area contributed by atoms with Gasteiger partial charge in [-0.25, -0.2) is 13.2 Å². The van der Waals surface area contributed by atoms with Crippen molar-refractivity contribution >= 4 is 38.7 Å². The SMILES string of the molecule is CCC(C)[C@H](NS(=O)(=O)c1ccc(C)cc1)C(=O)N1CCC(C(=O)N[C@H](Cc2c[nH]c3ccccc23)C(=O)O)CC1. The number of fused-ring (bicyclic) bond motifs is 1. The molecule has 220 valence electrons. The molecule has 1 saturated heterocycles. The highest BCUT2D eigenvalue weighted by molar-refractivity contribution is 7.89. The Hall–Kier alpha value is -3.70. The molecule has 1 aliphatic heterocycles. The van der Waals surface area contributed by atoms with E-state index in [0.29, 0.717) is 19.3 Å². The van der Waals surface area contributed by atoms with E-state index in [2.05, 4.69) is 15.0 Å². The fourth-order valence-corrected chi connectivity index (χ4v) is 6.46. The maximum Gasteiger partial charge on any atom is 0.326 e. The lowest BCUT2D eigenvalue weighted by molar-refractivity contribution is -0.143. The predicted molar refractivity (Wildman–Crippen MR) is 156 cm³/mol. The van der Waals surface area contributed by atoms with Crippen molar-refractivity contribution in [2.45, 2.75) is 63.4 Å². The summed E-state index contributed by atoms with van der Waals surface area (Å²) in [5.41, 5.74) is 2.63. The van der Waals surface area contributed by atoms with Gasteiger partial charge < -0.3 is 20.3 Å². The van der Waals surface area contributed by atoms with Crippen molar-refractivity contribution in [3.63, 3.8) is 0 Å². The summed E-state index contributed by atoms with van der Waals surface area (Å²) >= 11 is 0. The van der Waals surface area contributed by atoms with Crippen LogP contribution in [0.2, 0.25) is 0 Å². The van der Waals surface area contributed by atoms with Gasteiger partial charge in [0.2, 0.25) is 21.8 Å². The first-order chi connectivity index (χ1) is 19.5. The number of rotatable bonds is 11. The summed E-state index contributed by atoms with van der Waals surface area (Å²) in [7, 11) is -3.92. The number of piperidine rings is 1. The molecule has 0 saturated carbocycles. The van der Waals surface area contributed by atoms with E-state index in [1.807, 2.05) is 45.0 Å². The van der Waals surface area contributed by atoms with E-state index >= 15 is 0 Å². The summed E-state index contributed by atoms with van der Waals surface area (Å²) in [4.78, 5) is 43.4. The van der Waals surface area contributed by atoms with E-state index in [4.69, 9.17) is 0 Å². The minimum Gasteiger partial charge on any atom is -0.480 e. The monoisotopic (exact) mass is 582 g/mol. The van der Waals surface area contributed by atoms with Gasteiger partial charge in [-0.3, -0.25) is 9.59 Å². The lowest BCUT2D eigenvalue weighted by atomic mass is 9.93. The fourth-order valence-electron chi connectivity index (χ4n) is 5.17. The Morgan fingerprint density at radius 2 is 1.73 bits per heavy atom. The number of carboxylic acid groups (broad SMARTS) is 1. The maximum absolute atomic E-state index is 13.5. The molecule has 41 heavy (non-hydrogen) atoms. The first-order valence-electron chi connectivity index (χ1n) is 14.0. The van der Waals surface area contributed by atoms with Crippen molar-refractivity contribution < 1.29 is 27.9 Å². The average molecular weight is 583 g/mol. The van der Waals surface area contributed by atoms with Crippen molar-refractivity contribution in [1.82, 2.24) is 19.9 Å². The summed E-state index contributed by atoms with van der Waals surface area (Å²) in [6.07, 6.45) is 3.21. The van der Waals surface area contributed by atoms with Gasteiger partial charge in [-0.1, -0.05) is 56.2 Å². The van der Waals surface area contributed by atoms with Gasteiger partial charge in [0.1, 0.15) is 12.1 Å². The summed E-state index contributed by atoms with van der Waals surface area (Å²) < 4.78 is 28.7. The third kappa shape index (κ3) is 7.15. The number of benzene rings is 2. The van der Waals surface area contributed by atoms with Crippen LogP contribution in [0.15, 0.2) is 59.6 Å². The molecule has 1 aliphatic rings. The minimum absolute atomic E-state index is 0.0974. The van der Waals surface area contributed by atoms with Gasteiger partial charge in [-0.05, 0) is 49.4 Å². The normalized spacial score (nSPS) is 16.7. The molecule has 0 spiro atoms. The first-order valence-corrected chi connectivity index (χ1v) is 15.4. The number of para-hydroxylation sites is 1. The van der Waals surface area contributed by atoms with Crippen LogP contribution in [-0.4, -0.2) is 66.4 Å². The highest BCUT2D eigenvalue weighted by Crippen LogP contribution is 2.23. The lowest BCUT2D eigenvalue weighted by Gasteiger charge is -2.35. The van der Waals surface area contributed by atoms with Crippen LogP contribution in [0.5, 0.6) is 0 Å². The van der Waals surface area contributed by atoms with Gasteiger partial charge in [0, 0.05) is 42.5 Å². The minimum atomic E-state index is -3.92. The number of aliphatic carboxylic acids is 1. The number of hydrogen-bond acceptors (Lipinski definition) is 5. The van der Waals surface area contributed by atoms with Crippen molar-refractivity contribution in [2.75, 3.05) is 13.1 Å². The molecule has 2 amide bonds. The van der Waals surface area contributed by atoms with E-state index in [1.165, 1.54) is 12.1 Å². The third-order valence-electron chi connectivity index (χ3n) is 7.98. The Labute approximate surface area is 240 Å². The van der Waals surface area contributed by atoms with Crippen molar-refractivity contribution in [3.05, 3.63) is 65.9 Å². The van der Waals surface area contributed by atoms with Gasteiger partial charge in [0.25, 0.3) is 0 Å². The van der Waals surface area contributed by atoms with E-state index < -0.39 is 34.0 Å². The van der Waals surface area contributed by atoms with Gasteiger partial charge in [-0.2, -0.15) is 4.72 Å². The summed E-state index contributed by atoms with van der Waals surface area (Å²) in [5.74, 6) is -2.49. The van der Waals surface area contributed by atoms with Crippen LogP contribution in [0.1, 0.15) is 44.2 Å². The van der Waals surface area contributed by atoms with Crippen LogP contribution < -0.4 is 10.0 Å². The highest BCUT2D eigenvalue weighted by Gasteiger charge is 2.36. The molecule has 3 aromatic rings. The predicted octanol–water partition coefficient (Wildman–Crippen LogP) is 3.22. The number of carboxylic acids is 1. The van der Waals surface area contributed by atoms with Crippen LogP contribution in [-0.2, 0) is 30.8 Å². The number of nitrogens with zero attached hydrogens (tertiary/aromatic N) is 1. The molecule has 4 rings (SSSR count). The molecule has 3 atom stereocenters. The smallest absolute Gasteiger partial charge is 0.326 e. The number of amides is 2. The van der Waals surface area contributed by atoms with Crippen LogP contribution in [0.25, 0.3) is 10.9 Å². The summed E-state index contributed by atoms with van der Waals surface area (Å²) in [6, 6.07) is 12.0. The second-order valence-electron chi connectivity index (χ2n) is 10.9. The van der Waals surface area contributed by atoms with Gasteiger partial charge >= 0.3 is 5.97 Å². The standard InChI is InChI=1S/C30H38N4O6S/c1-4-20(3)27(33-41(39,40)23-11-9-19(2)10-12-23)29(36)34-15-13-21(14-16-34)28(35)32-26(30(37)38)17-22-18-31-25-8-6-5-7-24(22)25/h5-12,18,20-21,26-27,31,33H,4,13-17H2,1-3H3,(H,32,35)(H,37,38)/t20?,26-,27+/m1/s1. The first kappa shape index (κ1) is 30.3. The maximum atomic E-state index is 13.5. The Balaban J connectivity index is 1.37. The lowest BCUT2D eigenvalue weighted by Crippen LogP contribution is -2.54. The second-order valence-corrected chi connectivity index (χ2v) is 12.6. The van der Waals surface area contributed by atoms with Crippen molar-refractivity contribution in [1.29, 1.82) is 0 Å². The molecule has 2 heterocycles. The van der Waals surface area contributed by atoms with Crippen molar-refractivity contribution in [3.8, 4) is 0 Å². The molecule has 10 nitrogen and oxygen atoms in total. The quantitative estimate of drug-likeness (QED) is 0.273. The Morgan fingerprint density at radius 1 is 1.07 bits per heavy atom. The number of H-pyrrole nitrogens is 1. The number of nitrogens with one attached hydrogen (secondary N) is 3. The fraction of sp³-hybridized carbons (Fsp3) is 0.433. The van der Waals surface area contributed by atoms with Crippen LogP contribution in [0, 0.1) is 18.8 Å². The molecule has 4 N–H and O–H groups in total. The molecule has 1 unspecified atom stereocenters. The number of aryl methyl sites for hydroxylation is 1. The number of likely N-dealkylation sites (tertiary alicyclic amines) is 1. The number of sulfonamides is 1. The number of hydrogen-bond donors (Lipinski definition) is 4. The van der Waals surface area contributed by atoms with Gasteiger partial charge in [0.15, 0.2) is 0 Å². The largest absolute Gasteiger partial charge is 0.480 e. The molecule has 11 heteroatoms. The molecular weight excluding hydrogens is 544 g/mol. The zero-order valence-corrected chi connectivity index (χ0v) is 24.4. The Bertz CT molecular complexity index is 1490. The number of aromatic nitrogens is 1. The molecule has 2 aromatic carbocycles. The number of carbonyl (C=O) groups excluding carboxylic acids is 2. The highest BCUT2D eigenvalue weighted by atomic mass is 32.2. The third-order valence-corrected chi connectivity index (χ3v) is 9.44. The number of carbonyl (C=O) groups is 3. The Morgan fingerprint density at radius 3 is 2.37 bits per heavy atom. The zero-order valence-electron chi connectivity index (χ0n) is 23.6. The van der Waals surface area contributed by atoms with Gasteiger partial charge in [0.05, 0.1) is 4.90 Å². The molecular formula is C30H38N4O6S. The van der Waals surface area contributed by atoms with E-state index in [-0.39, 0.29) is 42.1 Å². The van der Waals surface area contributed by atoms with E-state index in [9.17, 15) is 27.9 Å². The van der Waals surface area contributed by atoms with Crippen LogP contribution in [0.3, 0.4) is 0 Å². The summed E-state index contributed by atoms with van der Waals surface area (Å²) in [6.45, 7) is 6.15. The van der Waals surface area contributed by atoms with E-state index in [1.54, 1.807) is 23.2 Å². The van der Waals surface area contributed by atoms with Crippen molar-refractivity contribution in [2.24, 2.45) is 11.8 Å². The average Bonchev–Trinajstić information content (AvgIpc) is 3.37. The number of aromatic amines is 1. The topological polar surface area (TPSA) is 149 Å². The Kier molecular flexibility index (Phi) is 9.49. The molecule has 0 bridgehead atoms. The molecule has 0 aliphatic carbocycles. The molecule has 0 radical (unpaired) electrons. The van der Waals surface area contributed by atoms with Gasteiger partial charge in [-0.15, -0.1) is 0 Å². The second kappa shape index (κ2) is 12.9. The van der Waals surface area contributed by atoms with Crippen LogP contribution >= 0.6 is 0 Å².